The van der Waals surface area contributed by atoms with Gasteiger partial charge in [0.15, 0.2) is 0 Å². The van der Waals surface area contributed by atoms with Crippen LogP contribution in [-0.4, -0.2) is 20.3 Å². The second-order valence-corrected chi connectivity index (χ2v) is 13.5. The number of hydrogen-bond donors (Lipinski definition) is 0. The molecule has 2 rings (SSSR count). The number of thiophene rings is 1. The zero-order valence-electron chi connectivity index (χ0n) is 11.5. The summed E-state index contributed by atoms with van der Waals surface area (Å²) in [5.74, 6) is 0. The molecule has 0 amide bonds. The second kappa shape index (κ2) is 6.01. The summed E-state index contributed by atoms with van der Waals surface area (Å²) >= 11 is 5.60. The molecular weight excluding hydrogens is 322 g/mol. The fourth-order valence-electron chi connectivity index (χ4n) is 2.24. The molecule has 1 aliphatic carbocycles. The number of hydrogen-bond acceptors (Lipinski definition) is 2. The highest BCUT2D eigenvalue weighted by molar-refractivity contribution is 9.10. The Balaban J connectivity index is 2.09. The Kier molecular flexibility index (Phi) is 4.84. The molecule has 0 aromatic carbocycles. The van der Waals surface area contributed by atoms with E-state index in [0.29, 0.717) is 6.04 Å². The van der Waals surface area contributed by atoms with Gasteiger partial charge in [0.1, 0.15) is 0 Å². The quantitative estimate of drug-likeness (QED) is 0.551. The van der Waals surface area contributed by atoms with E-state index >= 15 is 0 Å². The Morgan fingerprint density at radius 1 is 1.28 bits per heavy atom. The predicted octanol–water partition coefficient (Wildman–Crippen LogP) is 4.81. The second-order valence-electron chi connectivity index (χ2n) is 6.14. The van der Waals surface area contributed by atoms with Crippen molar-refractivity contribution in [2.75, 3.05) is 0 Å². The molecule has 100 valence electrons. The minimum atomic E-state index is -1.19. The third-order valence-electron chi connectivity index (χ3n) is 3.43. The first-order valence-corrected chi connectivity index (χ1v) is 11.9. The van der Waals surface area contributed by atoms with E-state index in [1.54, 1.807) is 4.50 Å². The molecule has 0 bridgehead atoms. The maximum atomic E-state index is 4.78. The van der Waals surface area contributed by atoms with Gasteiger partial charge in [-0.2, -0.15) is 0 Å². The summed E-state index contributed by atoms with van der Waals surface area (Å²) in [5, 5.41) is 0. The van der Waals surface area contributed by atoms with Crippen molar-refractivity contribution in [1.29, 1.82) is 0 Å². The van der Waals surface area contributed by atoms with E-state index in [9.17, 15) is 0 Å². The van der Waals surface area contributed by atoms with Gasteiger partial charge >= 0.3 is 0 Å². The number of rotatable bonds is 3. The number of nitrogens with zero attached hydrogens (tertiary/aromatic N) is 1. The summed E-state index contributed by atoms with van der Waals surface area (Å²) < 4.78 is 2.78. The van der Waals surface area contributed by atoms with Crippen molar-refractivity contribution in [2.24, 2.45) is 4.99 Å². The van der Waals surface area contributed by atoms with Crippen LogP contribution in [0.3, 0.4) is 0 Å². The lowest BCUT2D eigenvalue weighted by atomic mass is 9.96. The highest BCUT2D eigenvalue weighted by Gasteiger charge is 2.20. The van der Waals surface area contributed by atoms with Gasteiger partial charge in [-0.1, -0.05) is 38.9 Å². The summed E-state index contributed by atoms with van der Waals surface area (Å²) in [6, 6.07) is 2.88. The first-order valence-electron chi connectivity index (χ1n) is 6.80. The molecule has 1 heterocycles. The average Bonchev–Trinajstić information content (AvgIpc) is 2.69. The predicted molar refractivity (Wildman–Crippen MR) is 89.5 cm³/mol. The maximum absolute atomic E-state index is 4.78. The summed E-state index contributed by atoms with van der Waals surface area (Å²) in [6.45, 7) is 7.19. The third kappa shape index (κ3) is 3.78. The lowest BCUT2D eigenvalue weighted by Gasteiger charge is -2.16. The molecule has 0 spiro atoms. The van der Waals surface area contributed by atoms with Gasteiger partial charge in [0, 0.05) is 16.7 Å². The van der Waals surface area contributed by atoms with Crippen molar-refractivity contribution in [3.05, 3.63) is 15.4 Å². The van der Waals surface area contributed by atoms with E-state index in [-0.39, 0.29) is 0 Å². The van der Waals surface area contributed by atoms with E-state index < -0.39 is 8.07 Å². The zero-order chi connectivity index (χ0) is 13.2. The summed E-state index contributed by atoms with van der Waals surface area (Å²) in [4.78, 5) is 6.08. The van der Waals surface area contributed by atoms with Crippen molar-refractivity contribution in [1.82, 2.24) is 0 Å². The van der Waals surface area contributed by atoms with Crippen molar-refractivity contribution in [3.63, 3.8) is 0 Å². The fraction of sp³-hybridized carbons (Fsp3) is 0.643. The molecule has 4 heteroatoms. The molecule has 18 heavy (non-hydrogen) atoms. The van der Waals surface area contributed by atoms with E-state index in [1.165, 1.54) is 41.5 Å². The van der Waals surface area contributed by atoms with Crippen LogP contribution < -0.4 is 4.50 Å². The topological polar surface area (TPSA) is 12.4 Å². The van der Waals surface area contributed by atoms with Gasteiger partial charge in [0.25, 0.3) is 0 Å². The molecular formula is C14H22BrNSSi. The van der Waals surface area contributed by atoms with Crippen molar-refractivity contribution in [2.45, 2.75) is 57.8 Å². The van der Waals surface area contributed by atoms with Gasteiger partial charge in [-0.3, -0.25) is 4.99 Å². The first-order chi connectivity index (χ1) is 8.47. The molecule has 0 saturated heterocycles. The molecule has 0 atom stereocenters. The van der Waals surface area contributed by atoms with Gasteiger partial charge in [0.2, 0.25) is 0 Å². The number of halogens is 1. The minimum absolute atomic E-state index is 0.572. The van der Waals surface area contributed by atoms with Crippen LogP contribution in [0.5, 0.6) is 0 Å². The third-order valence-corrected chi connectivity index (χ3v) is 9.00. The van der Waals surface area contributed by atoms with Crippen LogP contribution in [0, 0.1) is 0 Å². The van der Waals surface area contributed by atoms with Crippen molar-refractivity contribution in [3.8, 4) is 0 Å². The Hall–Kier alpha value is 0.0669. The van der Waals surface area contributed by atoms with Crippen LogP contribution in [0.1, 0.15) is 37.0 Å². The van der Waals surface area contributed by atoms with E-state index in [2.05, 4.69) is 47.9 Å². The highest BCUT2D eigenvalue weighted by Crippen LogP contribution is 2.24. The SMILES string of the molecule is C[Si](C)(C)c1cc(Br)c(C=NC2CCCCC2)s1. The Bertz CT molecular complexity index is 427. The Labute approximate surface area is 124 Å². The van der Waals surface area contributed by atoms with Gasteiger partial charge in [-0.15, -0.1) is 11.3 Å². The molecule has 1 nitrogen and oxygen atoms in total. The first kappa shape index (κ1) is 14.5. The van der Waals surface area contributed by atoms with Gasteiger partial charge in [-0.25, -0.2) is 0 Å². The lowest BCUT2D eigenvalue weighted by molar-refractivity contribution is 0.444. The molecule has 1 saturated carbocycles. The monoisotopic (exact) mass is 343 g/mol. The molecule has 1 aliphatic rings. The van der Waals surface area contributed by atoms with Crippen LogP contribution in [0.15, 0.2) is 15.5 Å². The van der Waals surface area contributed by atoms with Crippen LogP contribution in [0.25, 0.3) is 0 Å². The molecule has 0 N–H and O–H groups in total. The molecule has 1 aromatic heterocycles. The van der Waals surface area contributed by atoms with Crippen LogP contribution >= 0.6 is 27.3 Å². The average molecular weight is 344 g/mol. The summed E-state index contributed by atoms with van der Waals surface area (Å²) in [5.41, 5.74) is 0. The van der Waals surface area contributed by atoms with Crippen LogP contribution in [0.2, 0.25) is 19.6 Å². The van der Waals surface area contributed by atoms with E-state index in [0.717, 1.165) is 0 Å². The minimum Gasteiger partial charge on any atom is -0.288 e. The van der Waals surface area contributed by atoms with Gasteiger partial charge in [0.05, 0.1) is 13.0 Å². The normalized spacial score (nSPS) is 18.7. The standard InChI is InChI=1S/C14H22BrNSSi/c1-18(2,3)14-9-12(15)13(17-14)10-16-11-7-5-4-6-8-11/h9-11H,4-8H2,1-3H3. The Morgan fingerprint density at radius 2 is 1.94 bits per heavy atom. The number of aliphatic imine (C=N–C) groups is 1. The van der Waals surface area contributed by atoms with Crippen LogP contribution in [-0.2, 0) is 0 Å². The molecule has 0 radical (unpaired) electrons. The summed E-state index contributed by atoms with van der Waals surface area (Å²) in [7, 11) is -1.19. The lowest BCUT2D eigenvalue weighted by Crippen LogP contribution is -2.34. The molecule has 1 aromatic rings. The molecule has 1 fully saturated rings. The maximum Gasteiger partial charge on any atom is 0.0904 e. The van der Waals surface area contributed by atoms with E-state index in [4.69, 9.17) is 4.99 Å². The largest absolute Gasteiger partial charge is 0.288 e. The Morgan fingerprint density at radius 3 is 2.50 bits per heavy atom. The zero-order valence-corrected chi connectivity index (χ0v) is 14.9. The molecule has 0 aliphatic heterocycles. The van der Waals surface area contributed by atoms with Crippen molar-refractivity contribution < 1.29 is 0 Å². The van der Waals surface area contributed by atoms with E-state index in [1.807, 2.05) is 11.3 Å². The summed E-state index contributed by atoms with van der Waals surface area (Å²) in [6.07, 6.45) is 8.77. The smallest absolute Gasteiger partial charge is 0.0904 e. The van der Waals surface area contributed by atoms with Gasteiger partial charge < -0.3 is 0 Å². The van der Waals surface area contributed by atoms with Crippen LogP contribution in [0.4, 0.5) is 0 Å². The fourth-order valence-corrected chi connectivity index (χ4v) is 6.00. The van der Waals surface area contributed by atoms with Crippen molar-refractivity contribution >= 4 is 46.1 Å². The highest BCUT2D eigenvalue weighted by atomic mass is 79.9. The van der Waals surface area contributed by atoms with Gasteiger partial charge in [-0.05, 0) is 39.3 Å². The molecule has 0 unspecified atom stereocenters.